The van der Waals surface area contributed by atoms with Crippen LogP contribution in [0.2, 0.25) is 0 Å². The van der Waals surface area contributed by atoms with Crippen molar-refractivity contribution in [3.63, 3.8) is 0 Å². The Morgan fingerprint density at radius 1 is 1.17 bits per heavy atom. The van der Waals surface area contributed by atoms with Crippen LogP contribution in [0.15, 0.2) is 29.3 Å². The van der Waals surface area contributed by atoms with Gasteiger partial charge in [0.25, 0.3) is 0 Å². The zero-order valence-corrected chi connectivity index (χ0v) is 8.48. The third-order valence-electron chi connectivity index (χ3n) is 1.21. The summed E-state index contributed by atoms with van der Waals surface area (Å²) in [5, 5.41) is 2.31. The summed E-state index contributed by atoms with van der Waals surface area (Å²) in [5.41, 5.74) is 2.09. The van der Waals surface area contributed by atoms with Crippen molar-refractivity contribution in [2.45, 2.75) is 20.8 Å². The molecule has 2 heteroatoms. The van der Waals surface area contributed by atoms with E-state index in [0.29, 0.717) is 0 Å². The molecule has 0 aromatic heterocycles. The summed E-state index contributed by atoms with van der Waals surface area (Å²) in [7, 11) is 0. The van der Waals surface area contributed by atoms with Gasteiger partial charge in [-0.15, -0.1) is 0 Å². The first kappa shape index (κ1) is 11.0. The van der Waals surface area contributed by atoms with E-state index in [1.807, 2.05) is 45.0 Å². The second-order valence-corrected chi connectivity index (χ2v) is 2.22. The normalized spacial score (nSPS) is 7.58. The van der Waals surface area contributed by atoms with E-state index in [1.165, 1.54) is 5.56 Å². The average molecular weight is 179 g/mol. The average Bonchev–Trinajstić information content (AvgIpc) is 2.13. The number of aliphatic imine (C=N–C) groups is 1. The number of isothiocyanates is 1. The third-order valence-corrected chi connectivity index (χ3v) is 1.30. The van der Waals surface area contributed by atoms with Gasteiger partial charge in [0.1, 0.15) is 0 Å². The Labute approximate surface area is 79.2 Å². The van der Waals surface area contributed by atoms with Gasteiger partial charge in [-0.3, -0.25) is 0 Å². The summed E-state index contributed by atoms with van der Waals surface area (Å²) in [6.45, 7) is 6.03. The Balaban J connectivity index is 0.000000561. The summed E-state index contributed by atoms with van der Waals surface area (Å²) in [6.07, 6.45) is 0. The molecule has 1 nitrogen and oxygen atoms in total. The molecule has 0 heterocycles. The number of aryl methyl sites for hydroxylation is 1. The number of benzene rings is 1. The third kappa shape index (κ3) is 4.02. The van der Waals surface area contributed by atoms with E-state index in [4.69, 9.17) is 0 Å². The molecule has 0 saturated carbocycles. The molecule has 0 spiro atoms. The molecular formula is C10H13NS. The van der Waals surface area contributed by atoms with Crippen LogP contribution in [0.4, 0.5) is 5.69 Å². The van der Waals surface area contributed by atoms with Crippen LogP contribution in [-0.2, 0) is 0 Å². The molecule has 0 saturated heterocycles. The minimum absolute atomic E-state index is 0.862. The number of rotatable bonds is 1. The first-order chi connectivity index (χ1) is 5.83. The minimum atomic E-state index is 0.862. The number of hydrogen-bond acceptors (Lipinski definition) is 2. The van der Waals surface area contributed by atoms with Gasteiger partial charge >= 0.3 is 0 Å². The van der Waals surface area contributed by atoms with E-state index in [2.05, 4.69) is 22.4 Å². The highest BCUT2D eigenvalue weighted by Crippen LogP contribution is 2.10. The molecule has 64 valence electrons. The van der Waals surface area contributed by atoms with Gasteiger partial charge in [0.2, 0.25) is 0 Å². The minimum Gasteiger partial charge on any atom is -0.195 e. The lowest BCUT2D eigenvalue weighted by Gasteiger charge is -1.90. The second-order valence-electron chi connectivity index (χ2n) is 2.04. The van der Waals surface area contributed by atoms with Crippen molar-refractivity contribution in [2.24, 2.45) is 4.99 Å². The Morgan fingerprint density at radius 3 is 2.08 bits per heavy atom. The molecule has 0 atom stereocenters. The molecular weight excluding hydrogens is 166 g/mol. The van der Waals surface area contributed by atoms with E-state index in [0.717, 1.165) is 5.69 Å². The van der Waals surface area contributed by atoms with Crippen LogP contribution in [0.5, 0.6) is 0 Å². The first-order valence-corrected chi connectivity index (χ1v) is 4.38. The van der Waals surface area contributed by atoms with Crippen LogP contribution in [-0.4, -0.2) is 5.16 Å². The number of thiocarbonyl (C=S) groups is 1. The molecule has 1 aromatic rings. The Bertz CT molecular complexity index is 258. The fourth-order valence-corrected chi connectivity index (χ4v) is 0.777. The van der Waals surface area contributed by atoms with Crippen molar-refractivity contribution in [1.29, 1.82) is 0 Å². The van der Waals surface area contributed by atoms with Crippen LogP contribution in [0.3, 0.4) is 0 Å². The molecule has 0 aliphatic carbocycles. The Hall–Kier alpha value is -0.980. The second kappa shape index (κ2) is 6.71. The van der Waals surface area contributed by atoms with Gasteiger partial charge in [-0.2, -0.15) is 4.99 Å². The smallest absolute Gasteiger partial charge is 0.0739 e. The topological polar surface area (TPSA) is 12.4 Å². The summed E-state index contributed by atoms with van der Waals surface area (Å²) in [5.74, 6) is 0. The van der Waals surface area contributed by atoms with Crippen molar-refractivity contribution >= 4 is 23.1 Å². The zero-order valence-electron chi connectivity index (χ0n) is 7.66. The Kier molecular flexibility index (Phi) is 6.16. The van der Waals surface area contributed by atoms with Crippen molar-refractivity contribution < 1.29 is 0 Å². The summed E-state index contributed by atoms with van der Waals surface area (Å²) in [4.78, 5) is 3.81. The van der Waals surface area contributed by atoms with E-state index in [-0.39, 0.29) is 0 Å². The molecule has 1 rings (SSSR count). The summed E-state index contributed by atoms with van der Waals surface area (Å²) < 4.78 is 0. The zero-order chi connectivity index (χ0) is 9.40. The van der Waals surface area contributed by atoms with Crippen molar-refractivity contribution in [1.82, 2.24) is 0 Å². The van der Waals surface area contributed by atoms with Crippen molar-refractivity contribution in [3.8, 4) is 0 Å². The van der Waals surface area contributed by atoms with Crippen molar-refractivity contribution in [2.75, 3.05) is 0 Å². The number of hydrogen-bond donors (Lipinski definition) is 0. The maximum Gasteiger partial charge on any atom is 0.0739 e. The monoisotopic (exact) mass is 179 g/mol. The maximum atomic E-state index is 4.45. The molecule has 0 aliphatic heterocycles. The fraction of sp³-hybridized carbons (Fsp3) is 0.300. The van der Waals surface area contributed by atoms with Crippen LogP contribution in [0.1, 0.15) is 19.4 Å². The lowest BCUT2D eigenvalue weighted by Crippen LogP contribution is -1.67. The maximum absolute atomic E-state index is 4.45. The van der Waals surface area contributed by atoms with Gasteiger partial charge < -0.3 is 0 Å². The quantitative estimate of drug-likeness (QED) is 0.472. The van der Waals surface area contributed by atoms with Gasteiger partial charge in [0, 0.05) is 0 Å². The van der Waals surface area contributed by atoms with Crippen LogP contribution in [0, 0.1) is 6.92 Å². The first-order valence-electron chi connectivity index (χ1n) is 3.97. The molecule has 0 radical (unpaired) electrons. The highest BCUT2D eigenvalue weighted by molar-refractivity contribution is 7.78. The van der Waals surface area contributed by atoms with Crippen molar-refractivity contribution in [3.05, 3.63) is 29.8 Å². The molecule has 0 N–H and O–H groups in total. The molecule has 1 aromatic carbocycles. The molecule has 12 heavy (non-hydrogen) atoms. The van der Waals surface area contributed by atoms with Gasteiger partial charge in [0.15, 0.2) is 0 Å². The van der Waals surface area contributed by atoms with E-state index in [9.17, 15) is 0 Å². The molecule has 0 unspecified atom stereocenters. The van der Waals surface area contributed by atoms with Crippen LogP contribution < -0.4 is 0 Å². The molecule has 0 bridgehead atoms. The van der Waals surface area contributed by atoms with E-state index < -0.39 is 0 Å². The van der Waals surface area contributed by atoms with E-state index in [1.54, 1.807) is 0 Å². The highest BCUT2D eigenvalue weighted by Gasteiger charge is 1.84. The van der Waals surface area contributed by atoms with Gasteiger partial charge in [-0.05, 0) is 31.3 Å². The standard InChI is InChI=1S/C8H7NS.C2H6/c1-7-2-4-8(5-3-7)9-6-10;1-2/h2-5H,1H3;1-2H3. The lowest BCUT2D eigenvalue weighted by atomic mass is 10.2. The SMILES string of the molecule is CC.Cc1ccc(N=C=S)cc1. The summed E-state index contributed by atoms with van der Waals surface area (Å²) in [6, 6.07) is 7.81. The summed E-state index contributed by atoms with van der Waals surface area (Å²) >= 11 is 4.45. The van der Waals surface area contributed by atoms with E-state index >= 15 is 0 Å². The van der Waals surface area contributed by atoms with Gasteiger partial charge in [0.05, 0.1) is 10.8 Å². The van der Waals surface area contributed by atoms with Crippen LogP contribution in [0.25, 0.3) is 0 Å². The fourth-order valence-electron chi connectivity index (χ4n) is 0.672. The molecule has 0 amide bonds. The lowest BCUT2D eigenvalue weighted by molar-refractivity contribution is 1.44. The predicted molar refractivity (Wildman–Crippen MR) is 57.2 cm³/mol. The van der Waals surface area contributed by atoms with Gasteiger partial charge in [-0.1, -0.05) is 31.5 Å². The largest absolute Gasteiger partial charge is 0.195 e. The van der Waals surface area contributed by atoms with Gasteiger partial charge in [-0.25, -0.2) is 0 Å². The Morgan fingerprint density at radius 2 is 1.67 bits per heavy atom. The highest BCUT2D eigenvalue weighted by atomic mass is 32.1. The number of nitrogens with zero attached hydrogens (tertiary/aromatic N) is 1. The molecule has 0 fully saturated rings. The van der Waals surface area contributed by atoms with Crippen LogP contribution >= 0.6 is 12.2 Å². The molecule has 0 aliphatic rings. The predicted octanol–water partition coefficient (Wildman–Crippen LogP) is 3.76.